The molecule has 1 unspecified atom stereocenters. The monoisotopic (exact) mass is 338 g/mol. The van der Waals surface area contributed by atoms with Crippen molar-refractivity contribution in [2.75, 3.05) is 33.3 Å². The van der Waals surface area contributed by atoms with Crippen LogP contribution in [0.25, 0.3) is 0 Å². The molecule has 2 aliphatic rings. The predicted molar refractivity (Wildman–Crippen MR) is 98.5 cm³/mol. The van der Waals surface area contributed by atoms with Crippen molar-refractivity contribution in [3.8, 4) is 0 Å². The maximum Gasteiger partial charge on any atom is 0.376 e. The Balaban J connectivity index is 0.000000243. The average Bonchev–Trinajstić information content (AvgIpc) is 2.60. The highest BCUT2D eigenvalue weighted by atomic mass is 16.5. The summed E-state index contributed by atoms with van der Waals surface area (Å²) in [7, 11) is 0.933. The first kappa shape index (κ1) is 21.2. The van der Waals surface area contributed by atoms with Gasteiger partial charge in [-0.05, 0) is 77.5 Å². The highest BCUT2D eigenvalue weighted by Crippen LogP contribution is 2.18. The highest BCUT2D eigenvalue weighted by molar-refractivity contribution is 6.45. The van der Waals surface area contributed by atoms with Crippen LogP contribution in [0.5, 0.6) is 0 Å². The number of hydrogen-bond acceptors (Lipinski definition) is 6. The van der Waals surface area contributed by atoms with E-state index in [1.54, 1.807) is 20.2 Å². The van der Waals surface area contributed by atoms with Gasteiger partial charge in [0.15, 0.2) is 0 Å². The second kappa shape index (κ2) is 11.7. The fraction of sp³-hybridized carbons (Fsp3) is 0.812. The zero-order chi connectivity index (χ0) is 17.9. The van der Waals surface area contributed by atoms with Gasteiger partial charge in [-0.3, -0.25) is 0 Å². The van der Waals surface area contributed by atoms with Gasteiger partial charge < -0.3 is 29.2 Å². The number of methoxy groups -OCH3 is 1. The normalized spacial score (nSPS) is 25.7. The minimum Gasteiger partial charge on any atom is -0.505 e. The van der Waals surface area contributed by atoms with Crippen LogP contribution in [-0.4, -0.2) is 73.3 Å². The van der Waals surface area contributed by atoms with Crippen LogP contribution in [0.1, 0.15) is 25.7 Å². The van der Waals surface area contributed by atoms with Crippen LogP contribution < -0.4 is 0 Å². The standard InChI is InChI=1S/C9H18BNO2.C7H14BNO2/c1-10(12)11-6-3-4-9(8-11)5-7-13-2;1-8(11)9-4-2-3-7(5-9)6-10/h5,7,9,12H,3-4,6,8H2,1-2H3;6-7,11H,2-5H2,1H3/b7-5+;/t9-;/m0./s1. The number of hydrogen-bond donors (Lipinski definition) is 2. The molecule has 24 heavy (non-hydrogen) atoms. The first-order valence-corrected chi connectivity index (χ1v) is 8.97. The van der Waals surface area contributed by atoms with Crippen molar-refractivity contribution in [2.45, 2.75) is 39.3 Å². The zero-order valence-corrected chi connectivity index (χ0v) is 15.3. The average molecular weight is 338 g/mol. The Hall–Kier alpha value is -0.820. The smallest absolute Gasteiger partial charge is 0.376 e. The lowest BCUT2D eigenvalue weighted by Crippen LogP contribution is -2.44. The Bertz CT molecular complexity index is 383. The molecule has 2 atom stereocenters. The minimum absolute atomic E-state index is 0.137. The Morgan fingerprint density at radius 1 is 1.00 bits per heavy atom. The van der Waals surface area contributed by atoms with Crippen LogP contribution in [0, 0.1) is 11.8 Å². The number of nitrogens with zero attached hydrogens (tertiary/aromatic N) is 2. The van der Waals surface area contributed by atoms with Crippen LogP contribution in [0.15, 0.2) is 12.3 Å². The first-order chi connectivity index (χ1) is 11.5. The Morgan fingerprint density at radius 2 is 1.50 bits per heavy atom. The van der Waals surface area contributed by atoms with Crippen molar-refractivity contribution >= 4 is 20.4 Å². The van der Waals surface area contributed by atoms with Gasteiger partial charge in [-0.1, -0.05) is 0 Å². The van der Waals surface area contributed by atoms with E-state index in [4.69, 9.17) is 4.74 Å². The van der Waals surface area contributed by atoms with Gasteiger partial charge in [0.1, 0.15) is 6.29 Å². The minimum atomic E-state index is -0.405. The molecule has 0 aromatic carbocycles. The summed E-state index contributed by atoms with van der Waals surface area (Å²) in [5, 5.41) is 18.6. The summed E-state index contributed by atoms with van der Waals surface area (Å²) in [6, 6.07) is 0. The summed E-state index contributed by atoms with van der Waals surface area (Å²) >= 11 is 0. The lowest BCUT2D eigenvalue weighted by atomic mass is 9.81. The molecule has 2 heterocycles. The van der Waals surface area contributed by atoms with Gasteiger partial charge in [-0.2, -0.15) is 0 Å². The maximum absolute atomic E-state index is 10.4. The molecule has 2 fully saturated rings. The molecule has 0 aromatic rings. The summed E-state index contributed by atoms with van der Waals surface area (Å²) in [6.45, 7) is 7.16. The molecule has 2 saturated heterocycles. The Labute approximate surface area is 147 Å². The fourth-order valence-electron chi connectivity index (χ4n) is 3.22. The van der Waals surface area contributed by atoms with E-state index in [2.05, 4.69) is 10.9 Å². The number of aldehydes is 1. The maximum atomic E-state index is 10.4. The Kier molecular flexibility index (Phi) is 10.3. The molecule has 8 heteroatoms. The van der Waals surface area contributed by atoms with Crippen molar-refractivity contribution in [3.63, 3.8) is 0 Å². The second-order valence-electron chi connectivity index (χ2n) is 6.76. The Morgan fingerprint density at radius 3 is 1.96 bits per heavy atom. The van der Waals surface area contributed by atoms with Crippen molar-refractivity contribution in [1.82, 2.24) is 9.62 Å². The molecule has 2 rings (SSSR count). The SMILES string of the molecule is CB(O)N1CCCC(C=O)C1.CO/C=C/[C@@H]1CCCN(B(C)O)C1. The van der Waals surface area contributed by atoms with Crippen LogP contribution in [0.2, 0.25) is 13.6 Å². The van der Waals surface area contributed by atoms with E-state index in [0.29, 0.717) is 5.92 Å². The van der Waals surface area contributed by atoms with Crippen molar-refractivity contribution in [3.05, 3.63) is 12.3 Å². The van der Waals surface area contributed by atoms with Crippen LogP contribution >= 0.6 is 0 Å². The molecule has 0 bridgehead atoms. The third kappa shape index (κ3) is 7.83. The number of ether oxygens (including phenoxy) is 1. The zero-order valence-electron chi connectivity index (χ0n) is 15.3. The predicted octanol–water partition coefficient (Wildman–Crippen LogP) is 0.976. The van der Waals surface area contributed by atoms with Gasteiger partial charge in [-0.25, -0.2) is 0 Å². The molecule has 0 spiro atoms. The largest absolute Gasteiger partial charge is 0.505 e. The van der Waals surface area contributed by atoms with Crippen LogP contribution in [-0.2, 0) is 9.53 Å². The topological polar surface area (TPSA) is 73.2 Å². The van der Waals surface area contributed by atoms with E-state index in [0.717, 1.165) is 51.7 Å². The van der Waals surface area contributed by atoms with Gasteiger partial charge in [-0.15, -0.1) is 0 Å². The second-order valence-corrected chi connectivity index (χ2v) is 6.76. The molecule has 2 aliphatic heterocycles. The molecular formula is C16H32B2N2O4. The molecule has 0 radical (unpaired) electrons. The van der Waals surface area contributed by atoms with Crippen molar-refractivity contribution < 1.29 is 19.6 Å². The van der Waals surface area contributed by atoms with E-state index in [1.807, 2.05) is 11.6 Å². The van der Waals surface area contributed by atoms with Gasteiger partial charge >= 0.3 is 14.1 Å². The van der Waals surface area contributed by atoms with Crippen LogP contribution in [0.3, 0.4) is 0 Å². The van der Waals surface area contributed by atoms with Crippen molar-refractivity contribution in [2.24, 2.45) is 11.8 Å². The highest BCUT2D eigenvalue weighted by Gasteiger charge is 2.24. The molecular weight excluding hydrogens is 306 g/mol. The summed E-state index contributed by atoms with van der Waals surface area (Å²) in [6.07, 6.45) is 9.16. The molecule has 0 saturated carbocycles. The van der Waals surface area contributed by atoms with Crippen LogP contribution in [0.4, 0.5) is 0 Å². The number of rotatable bonds is 5. The quantitative estimate of drug-likeness (QED) is 0.442. The van der Waals surface area contributed by atoms with E-state index >= 15 is 0 Å². The van der Waals surface area contributed by atoms with Gasteiger partial charge in [0.05, 0.1) is 13.4 Å². The van der Waals surface area contributed by atoms with Crippen molar-refractivity contribution in [1.29, 1.82) is 0 Å². The first-order valence-electron chi connectivity index (χ1n) is 8.97. The lowest BCUT2D eigenvalue weighted by molar-refractivity contribution is -0.112. The molecule has 0 amide bonds. The number of carbonyl (C=O) groups excluding carboxylic acids is 1. The fourth-order valence-corrected chi connectivity index (χ4v) is 3.22. The third-order valence-electron chi connectivity index (χ3n) is 4.71. The van der Waals surface area contributed by atoms with E-state index < -0.39 is 7.05 Å². The molecule has 136 valence electrons. The molecule has 6 nitrogen and oxygen atoms in total. The number of carbonyl (C=O) groups is 1. The summed E-state index contributed by atoms with van der Waals surface area (Å²) < 4.78 is 4.88. The third-order valence-corrected chi connectivity index (χ3v) is 4.71. The van der Waals surface area contributed by atoms with Gasteiger partial charge in [0, 0.05) is 5.92 Å². The molecule has 0 aliphatic carbocycles. The van der Waals surface area contributed by atoms with Gasteiger partial charge in [0.25, 0.3) is 0 Å². The van der Waals surface area contributed by atoms with E-state index in [1.165, 1.54) is 6.42 Å². The van der Waals surface area contributed by atoms with Gasteiger partial charge in [0.2, 0.25) is 0 Å². The molecule has 0 aromatic heterocycles. The summed E-state index contributed by atoms with van der Waals surface area (Å²) in [5.41, 5.74) is 0. The molecule has 2 N–H and O–H groups in total. The summed E-state index contributed by atoms with van der Waals surface area (Å²) in [5.74, 6) is 0.668. The lowest BCUT2D eigenvalue weighted by Gasteiger charge is -2.31. The number of piperidine rings is 2. The van der Waals surface area contributed by atoms with E-state index in [9.17, 15) is 14.8 Å². The summed E-state index contributed by atoms with van der Waals surface area (Å²) in [4.78, 5) is 14.4. The van der Waals surface area contributed by atoms with E-state index in [-0.39, 0.29) is 13.0 Å².